The highest BCUT2D eigenvalue weighted by molar-refractivity contribution is 8.00. The fourth-order valence-electron chi connectivity index (χ4n) is 2.39. The van der Waals surface area contributed by atoms with Gasteiger partial charge in [0.2, 0.25) is 5.91 Å². The highest BCUT2D eigenvalue weighted by Crippen LogP contribution is 2.32. The summed E-state index contributed by atoms with van der Waals surface area (Å²) in [6.45, 7) is 0.712. The van der Waals surface area contributed by atoms with E-state index in [4.69, 9.17) is 16.7 Å². The average Bonchev–Trinajstić information content (AvgIpc) is 2.53. The summed E-state index contributed by atoms with van der Waals surface area (Å²) in [6, 6.07) is 4.28. The van der Waals surface area contributed by atoms with Crippen molar-refractivity contribution in [1.29, 1.82) is 0 Å². The molecule has 0 aromatic heterocycles. The van der Waals surface area contributed by atoms with E-state index in [1.165, 1.54) is 23.1 Å². The Labute approximate surface area is 141 Å². The number of piperidine rings is 1. The molecule has 1 heterocycles. The van der Waals surface area contributed by atoms with Crippen molar-refractivity contribution in [2.75, 3.05) is 18.8 Å². The lowest BCUT2D eigenvalue weighted by molar-refractivity contribution is -0.387. The number of nitro benzene ring substituents is 1. The number of rotatable bonds is 5. The molecule has 1 N–H and O–H groups in total. The van der Waals surface area contributed by atoms with Crippen LogP contribution in [0.4, 0.5) is 5.69 Å². The van der Waals surface area contributed by atoms with Crippen LogP contribution in [0.2, 0.25) is 5.02 Å². The molecule has 23 heavy (non-hydrogen) atoms. The molecule has 0 saturated carbocycles. The Balaban J connectivity index is 1.99. The fraction of sp³-hybridized carbons (Fsp3) is 0.429. The lowest BCUT2D eigenvalue weighted by atomic mass is 9.98. The van der Waals surface area contributed by atoms with E-state index in [9.17, 15) is 19.7 Å². The molecule has 0 aliphatic carbocycles. The third-order valence-corrected chi connectivity index (χ3v) is 4.87. The molecule has 1 atom stereocenters. The third-order valence-electron chi connectivity index (χ3n) is 3.59. The first kappa shape index (κ1) is 17.6. The summed E-state index contributed by atoms with van der Waals surface area (Å²) in [6.07, 6.45) is 1.21. The standard InChI is InChI=1S/C14H15ClN2O5S/c15-10-3-4-12(11(6-10)17(21)22)23-8-13(18)16-5-1-2-9(7-16)14(19)20/h3-4,6,9H,1-2,5,7-8H2,(H,19,20). The second-order valence-electron chi connectivity index (χ2n) is 5.17. The number of hydrogen-bond donors (Lipinski definition) is 1. The first-order chi connectivity index (χ1) is 10.9. The van der Waals surface area contributed by atoms with Gasteiger partial charge in [-0.05, 0) is 25.0 Å². The van der Waals surface area contributed by atoms with Gasteiger partial charge in [0.05, 0.1) is 21.5 Å². The van der Waals surface area contributed by atoms with E-state index >= 15 is 0 Å². The average molecular weight is 359 g/mol. The molecule has 1 saturated heterocycles. The maximum absolute atomic E-state index is 12.2. The van der Waals surface area contributed by atoms with Crippen LogP contribution in [0.5, 0.6) is 0 Å². The Morgan fingerprint density at radius 1 is 1.48 bits per heavy atom. The predicted molar refractivity (Wildman–Crippen MR) is 85.8 cm³/mol. The van der Waals surface area contributed by atoms with Crippen LogP contribution in [-0.4, -0.2) is 45.6 Å². The molecule has 0 bridgehead atoms. The number of aliphatic carboxylic acids is 1. The van der Waals surface area contributed by atoms with Crippen molar-refractivity contribution >= 4 is 40.9 Å². The number of benzene rings is 1. The minimum Gasteiger partial charge on any atom is -0.481 e. The van der Waals surface area contributed by atoms with Crippen LogP contribution in [0.3, 0.4) is 0 Å². The van der Waals surface area contributed by atoms with E-state index in [2.05, 4.69) is 0 Å². The molecule has 1 aromatic carbocycles. The molecule has 9 heteroatoms. The summed E-state index contributed by atoms with van der Waals surface area (Å²) in [5, 5.41) is 20.3. The Hall–Kier alpha value is -1.80. The molecule has 124 valence electrons. The number of carboxylic acid groups (broad SMARTS) is 1. The van der Waals surface area contributed by atoms with E-state index in [0.29, 0.717) is 24.3 Å². The smallest absolute Gasteiger partial charge is 0.308 e. The van der Waals surface area contributed by atoms with Gasteiger partial charge in [-0.3, -0.25) is 19.7 Å². The summed E-state index contributed by atoms with van der Waals surface area (Å²) in [5.74, 6) is -1.63. The van der Waals surface area contributed by atoms with Crippen LogP contribution in [0, 0.1) is 16.0 Å². The van der Waals surface area contributed by atoms with Crippen LogP contribution in [0.1, 0.15) is 12.8 Å². The number of thioether (sulfide) groups is 1. The zero-order valence-corrected chi connectivity index (χ0v) is 13.7. The summed E-state index contributed by atoms with van der Waals surface area (Å²) >= 11 is 6.80. The highest BCUT2D eigenvalue weighted by atomic mass is 35.5. The van der Waals surface area contributed by atoms with Gasteiger partial charge in [-0.1, -0.05) is 11.6 Å². The zero-order chi connectivity index (χ0) is 17.0. The summed E-state index contributed by atoms with van der Waals surface area (Å²) < 4.78 is 0. The van der Waals surface area contributed by atoms with Crippen molar-refractivity contribution in [1.82, 2.24) is 4.90 Å². The van der Waals surface area contributed by atoms with Crippen LogP contribution < -0.4 is 0 Å². The van der Waals surface area contributed by atoms with E-state index in [1.54, 1.807) is 0 Å². The van der Waals surface area contributed by atoms with Gasteiger partial charge < -0.3 is 10.0 Å². The van der Waals surface area contributed by atoms with Crippen molar-refractivity contribution in [3.63, 3.8) is 0 Å². The molecule has 1 amide bonds. The lowest BCUT2D eigenvalue weighted by Crippen LogP contribution is -2.43. The van der Waals surface area contributed by atoms with Crippen LogP contribution in [0.15, 0.2) is 23.1 Å². The van der Waals surface area contributed by atoms with Gasteiger partial charge in [-0.2, -0.15) is 0 Å². The van der Waals surface area contributed by atoms with E-state index < -0.39 is 16.8 Å². The van der Waals surface area contributed by atoms with E-state index in [-0.39, 0.29) is 28.9 Å². The summed E-state index contributed by atoms with van der Waals surface area (Å²) in [5.41, 5.74) is -0.141. The number of amides is 1. The number of nitro groups is 1. The van der Waals surface area contributed by atoms with Gasteiger partial charge in [-0.15, -0.1) is 11.8 Å². The van der Waals surface area contributed by atoms with Gasteiger partial charge in [0, 0.05) is 24.2 Å². The zero-order valence-electron chi connectivity index (χ0n) is 12.1. The largest absolute Gasteiger partial charge is 0.481 e. The summed E-state index contributed by atoms with van der Waals surface area (Å²) in [7, 11) is 0. The number of nitrogens with zero attached hydrogens (tertiary/aromatic N) is 2. The molecule has 0 radical (unpaired) electrons. The van der Waals surface area contributed by atoms with E-state index in [0.717, 1.165) is 11.8 Å². The van der Waals surface area contributed by atoms with Gasteiger partial charge in [-0.25, -0.2) is 0 Å². The maximum atomic E-state index is 12.2. The van der Waals surface area contributed by atoms with Gasteiger partial charge in [0.15, 0.2) is 0 Å². The number of likely N-dealkylation sites (tertiary alicyclic amines) is 1. The van der Waals surface area contributed by atoms with Gasteiger partial charge in [0.25, 0.3) is 5.69 Å². The molecule has 1 aromatic rings. The molecular weight excluding hydrogens is 344 g/mol. The Kier molecular flexibility index (Phi) is 5.84. The number of halogens is 1. The molecule has 0 spiro atoms. The van der Waals surface area contributed by atoms with Crippen molar-refractivity contribution in [3.8, 4) is 0 Å². The van der Waals surface area contributed by atoms with Crippen molar-refractivity contribution in [3.05, 3.63) is 33.3 Å². The Morgan fingerprint density at radius 2 is 2.22 bits per heavy atom. The van der Waals surface area contributed by atoms with E-state index in [1.807, 2.05) is 0 Å². The molecule has 1 aliphatic heterocycles. The van der Waals surface area contributed by atoms with Crippen molar-refractivity contribution in [2.24, 2.45) is 5.92 Å². The topological polar surface area (TPSA) is 101 Å². The maximum Gasteiger partial charge on any atom is 0.308 e. The molecule has 7 nitrogen and oxygen atoms in total. The number of carboxylic acids is 1. The number of carbonyl (C=O) groups excluding carboxylic acids is 1. The summed E-state index contributed by atoms with van der Waals surface area (Å²) in [4.78, 5) is 35.6. The first-order valence-corrected chi connectivity index (χ1v) is 8.32. The minimum atomic E-state index is -0.900. The second kappa shape index (κ2) is 7.65. The molecule has 1 unspecified atom stereocenters. The van der Waals surface area contributed by atoms with Gasteiger partial charge in [0.1, 0.15) is 0 Å². The van der Waals surface area contributed by atoms with Crippen LogP contribution in [0.25, 0.3) is 0 Å². The minimum absolute atomic E-state index is 0.0226. The first-order valence-electron chi connectivity index (χ1n) is 6.96. The monoisotopic (exact) mass is 358 g/mol. The Bertz CT molecular complexity index is 640. The highest BCUT2D eigenvalue weighted by Gasteiger charge is 2.28. The van der Waals surface area contributed by atoms with Crippen molar-refractivity contribution < 1.29 is 19.6 Å². The molecule has 1 aliphatic rings. The molecule has 2 rings (SSSR count). The van der Waals surface area contributed by atoms with Crippen LogP contribution in [-0.2, 0) is 9.59 Å². The van der Waals surface area contributed by atoms with Gasteiger partial charge >= 0.3 is 5.97 Å². The lowest BCUT2D eigenvalue weighted by Gasteiger charge is -2.30. The number of carbonyl (C=O) groups is 2. The Morgan fingerprint density at radius 3 is 2.87 bits per heavy atom. The fourth-order valence-corrected chi connectivity index (χ4v) is 3.46. The quantitative estimate of drug-likeness (QED) is 0.493. The second-order valence-corrected chi connectivity index (χ2v) is 6.63. The third kappa shape index (κ3) is 4.59. The SMILES string of the molecule is O=C(O)C1CCCN(C(=O)CSc2ccc(Cl)cc2[N+](=O)[O-])C1. The predicted octanol–water partition coefficient (Wildman–Crippen LogP) is 2.66. The molecule has 1 fully saturated rings. The normalized spacial score (nSPS) is 17.8. The van der Waals surface area contributed by atoms with Crippen molar-refractivity contribution in [2.45, 2.75) is 17.7 Å². The van der Waals surface area contributed by atoms with Crippen LogP contribution >= 0.6 is 23.4 Å². The molecular formula is C14H15ClN2O5S. The number of hydrogen-bond acceptors (Lipinski definition) is 5.